The quantitative estimate of drug-likeness (QED) is 0.718. The lowest BCUT2D eigenvalue weighted by Gasteiger charge is -2.39. The molecule has 0 saturated carbocycles. The number of benzene rings is 2. The van der Waals surface area contributed by atoms with Gasteiger partial charge in [-0.05, 0) is 37.1 Å². The summed E-state index contributed by atoms with van der Waals surface area (Å²) in [7, 11) is 2.07. The first-order chi connectivity index (χ1) is 13.1. The summed E-state index contributed by atoms with van der Waals surface area (Å²) in [5.74, 6) is -0.139. The summed E-state index contributed by atoms with van der Waals surface area (Å²) in [6, 6.07) is 20.3. The van der Waals surface area contributed by atoms with Gasteiger partial charge in [0.25, 0.3) is 0 Å². The van der Waals surface area contributed by atoms with Crippen LogP contribution in [-0.2, 0) is 16.1 Å². The van der Waals surface area contributed by atoms with Crippen LogP contribution in [0.25, 0.3) is 0 Å². The molecule has 0 aromatic heterocycles. The van der Waals surface area contributed by atoms with E-state index in [1.807, 2.05) is 43.3 Å². The SMILES string of the molecule is CCOC(=O)C1CC(N(C)c2ccccc2)=C(C)CN1Cc1ccccc1. The Kier molecular flexibility index (Phi) is 6.30. The van der Waals surface area contributed by atoms with Gasteiger partial charge < -0.3 is 9.64 Å². The van der Waals surface area contributed by atoms with E-state index >= 15 is 0 Å². The van der Waals surface area contributed by atoms with Gasteiger partial charge in [-0.1, -0.05) is 48.5 Å². The Morgan fingerprint density at radius 3 is 2.37 bits per heavy atom. The van der Waals surface area contributed by atoms with E-state index in [2.05, 4.69) is 48.0 Å². The Morgan fingerprint density at radius 1 is 1.11 bits per heavy atom. The fourth-order valence-corrected chi connectivity index (χ4v) is 3.68. The molecular formula is C23H28N2O2. The molecule has 4 nitrogen and oxygen atoms in total. The Hall–Kier alpha value is -2.59. The second-order valence-corrected chi connectivity index (χ2v) is 6.98. The van der Waals surface area contributed by atoms with E-state index in [0.717, 1.165) is 18.8 Å². The van der Waals surface area contributed by atoms with E-state index in [-0.39, 0.29) is 12.0 Å². The lowest BCUT2D eigenvalue weighted by Crippen LogP contribution is -2.47. The van der Waals surface area contributed by atoms with Crippen LogP contribution in [0, 0.1) is 0 Å². The van der Waals surface area contributed by atoms with Gasteiger partial charge in [0, 0.05) is 37.9 Å². The molecule has 0 fully saturated rings. The highest BCUT2D eigenvalue weighted by atomic mass is 16.5. The number of hydrogen-bond donors (Lipinski definition) is 0. The molecule has 0 aliphatic carbocycles. The summed E-state index contributed by atoms with van der Waals surface area (Å²) in [6.07, 6.45) is 0.656. The lowest BCUT2D eigenvalue weighted by atomic mass is 9.97. The van der Waals surface area contributed by atoms with Gasteiger partial charge in [0.1, 0.15) is 6.04 Å². The van der Waals surface area contributed by atoms with E-state index in [4.69, 9.17) is 4.74 Å². The summed E-state index contributed by atoms with van der Waals surface area (Å²) >= 11 is 0. The number of carbonyl (C=O) groups is 1. The van der Waals surface area contributed by atoms with E-state index in [1.165, 1.54) is 16.8 Å². The molecule has 1 atom stereocenters. The Balaban J connectivity index is 1.87. The van der Waals surface area contributed by atoms with Gasteiger partial charge in [-0.15, -0.1) is 0 Å². The van der Waals surface area contributed by atoms with Crippen molar-refractivity contribution in [3.05, 3.63) is 77.5 Å². The smallest absolute Gasteiger partial charge is 0.323 e. The van der Waals surface area contributed by atoms with E-state index in [1.54, 1.807) is 0 Å². The average molecular weight is 364 g/mol. The topological polar surface area (TPSA) is 32.8 Å². The van der Waals surface area contributed by atoms with Crippen molar-refractivity contribution in [3.8, 4) is 0 Å². The van der Waals surface area contributed by atoms with Crippen molar-refractivity contribution in [3.63, 3.8) is 0 Å². The van der Waals surface area contributed by atoms with Gasteiger partial charge in [0.05, 0.1) is 6.61 Å². The molecule has 1 unspecified atom stereocenters. The fourth-order valence-electron chi connectivity index (χ4n) is 3.68. The summed E-state index contributed by atoms with van der Waals surface area (Å²) in [5, 5.41) is 0. The standard InChI is InChI=1S/C23H28N2O2/c1-4-27-23(26)22-15-21(24(3)20-13-9-6-10-14-20)18(2)16-25(22)17-19-11-7-5-8-12-19/h5-14,22H,4,15-17H2,1-3H3. The fraction of sp³-hybridized carbons (Fsp3) is 0.348. The normalized spacial score (nSPS) is 17.7. The highest BCUT2D eigenvalue weighted by Crippen LogP contribution is 2.30. The monoisotopic (exact) mass is 364 g/mol. The van der Waals surface area contributed by atoms with Gasteiger partial charge in [0.15, 0.2) is 0 Å². The molecule has 2 aromatic carbocycles. The first-order valence-electron chi connectivity index (χ1n) is 9.52. The molecule has 2 aromatic rings. The van der Waals surface area contributed by atoms with Crippen LogP contribution in [0.2, 0.25) is 0 Å². The van der Waals surface area contributed by atoms with Crippen LogP contribution in [0.15, 0.2) is 71.9 Å². The van der Waals surface area contributed by atoms with E-state index in [9.17, 15) is 4.79 Å². The minimum atomic E-state index is -0.269. The average Bonchev–Trinajstić information content (AvgIpc) is 2.69. The molecule has 0 saturated heterocycles. The maximum atomic E-state index is 12.7. The third-order valence-corrected chi connectivity index (χ3v) is 5.10. The van der Waals surface area contributed by atoms with Crippen molar-refractivity contribution in [2.75, 3.05) is 25.1 Å². The van der Waals surface area contributed by atoms with Crippen molar-refractivity contribution < 1.29 is 9.53 Å². The third kappa shape index (κ3) is 4.58. The summed E-state index contributed by atoms with van der Waals surface area (Å²) < 4.78 is 5.40. The van der Waals surface area contributed by atoms with Gasteiger partial charge in [-0.25, -0.2) is 0 Å². The van der Waals surface area contributed by atoms with E-state index < -0.39 is 0 Å². The second kappa shape index (κ2) is 8.87. The number of hydrogen-bond acceptors (Lipinski definition) is 4. The van der Waals surface area contributed by atoms with Crippen molar-refractivity contribution in [1.29, 1.82) is 0 Å². The number of ether oxygens (including phenoxy) is 1. The first kappa shape index (κ1) is 19.2. The molecule has 4 heteroatoms. The molecule has 3 rings (SSSR count). The number of rotatable bonds is 6. The van der Waals surface area contributed by atoms with Gasteiger partial charge in [-0.3, -0.25) is 9.69 Å². The minimum Gasteiger partial charge on any atom is -0.465 e. The predicted octanol–water partition coefficient (Wildman–Crippen LogP) is 4.23. The second-order valence-electron chi connectivity index (χ2n) is 6.98. The zero-order chi connectivity index (χ0) is 19.2. The summed E-state index contributed by atoms with van der Waals surface area (Å²) in [4.78, 5) is 17.1. The van der Waals surface area contributed by atoms with Crippen LogP contribution in [0.3, 0.4) is 0 Å². The zero-order valence-electron chi connectivity index (χ0n) is 16.4. The number of nitrogens with zero attached hydrogens (tertiary/aromatic N) is 2. The van der Waals surface area contributed by atoms with Crippen LogP contribution in [0.4, 0.5) is 5.69 Å². The van der Waals surface area contributed by atoms with Crippen molar-refractivity contribution in [2.24, 2.45) is 0 Å². The van der Waals surface area contributed by atoms with Crippen LogP contribution in [0.1, 0.15) is 25.8 Å². The van der Waals surface area contributed by atoms with Gasteiger partial charge in [0.2, 0.25) is 0 Å². The largest absolute Gasteiger partial charge is 0.465 e. The number of esters is 1. The van der Waals surface area contributed by atoms with Gasteiger partial charge >= 0.3 is 5.97 Å². The highest BCUT2D eigenvalue weighted by molar-refractivity contribution is 5.77. The molecule has 1 aliphatic heterocycles. The summed E-state index contributed by atoms with van der Waals surface area (Å²) in [6.45, 7) is 5.92. The Labute approximate surface area is 162 Å². The Bertz CT molecular complexity index is 787. The van der Waals surface area contributed by atoms with Crippen molar-refractivity contribution >= 4 is 11.7 Å². The van der Waals surface area contributed by atoms with Crippen LogP contribution >= 0.6 is 0 Å². The van der Waals surface area contributed by atoms with E-state index in [0.29, 0.717) is 13.0 Å². The number of anilines is 1. The molecule has 1 heterocycles. The van der Waals surface area contributed by atoms with Crippen LogP contribution < -0.4 is 4.90 Å². The molecule has 1 aliphatic rings. The summed E-state index contributed by atoms with van der Waals surface area (Å²) in [5.41, 5.74) is 4.83. The number of carbonyl (C=O) groups excluding carboxylic acids is 1. The Morgan fingerprint density at radius 2 is 1.74 bits per heavy atom. The van der Waals surface area contributed by atoms with Crippen molar-refractivity contribution in [2.45, 2.75) is 32.9 Å². The maximum Gasteiger partial charge on any atom is 0.323 e. The highest BCUT2D eigenvalue weighted by Gasteiger charge is 2.34. The minimum absolute atomic E-state index is 0.139. The molecular weight excluding hydrogens is 336 g/mol. The molecule has 0 amide bonds. The van der Waals surface area contributed by atoms with Crippen LogP contribution in [0.5, 0.6) is 0 Å². The lowest BCUT2D eigenvalue weighted by molar-refractivity contribution is -0.150. The molecule has 142 valence electrons. The predicted molar refractivity (Wildman–Crippen MR) is 109 cm³/mol. The molecule has 0 spiro atoms. The van der Waals surface area contributed by atoms with Crippen molar-refractivity contribution in [1.82, 2.24) is 4.90 Å². The molecule has 0 N–H and O–H groups in total. The zero-order valence-corrected chi connectivity index (χ0v) is 16.4. The maximum absolute atomic E-state index is 12.7. The first-order valence-corrected chi connectivity index (χ1v) is 9.52. The molecule has 27 heavy (non-hydrogen) atoms. The van der Waals surface area contributed by atoms with Gasteiger partial charge in [-0.2, -0.15) is 0 Å². The third-order valence-electron chi connectivity index (χ3n) is 5.10. The molecule has 0 radical (unpaired) electrons. The number of para-hydroxylation sites is 1. The molecule has 0 bridgehead atoms. The van der Waals surface area contributed by atoms with Crippen LogP contribution in [-0.4, -0.2) is 37.1 Å².